The number of H-pyrrole nitrogens is 2. The third-order valence-electron chi connectivity index (χ3n) is 7.90. The zero-order chi connectivity index (χ0) is 23.7. The molecule has 0 bridgehead atoms. The molecule has 1 saturated carbocycles. The molecule has 0 radical (unpaired) electrons. The Morgan fingerprint density at radius 1 is 1.09 bits per heavy atom. The number of benzene rings is 2. The highest BCUT2D eigenvalue weighted by atomic mass is 19.1. The van der Waals surface area contributed by atoms with Crippen molar-refractivity contribution >= 4 is 21.8 Å². The van der Waals surface area contributed by atoms with E-state index >= 15 is 0 Å². The van der Waals surface area contributed by atoms with Crippen molar-refractivity contribution in [1.29, 1.82) is 0 Å². The van der Waals surface area contributed by atoms with Crippen LogP contribution in [-0.2, 0) is 11.8 Å². The second kappa shape index (κ2) is 9.55. The highest BCUT2D eigenvalue weighted by Gasteiger charge is 2.44. The lowest BCUT2D eigenvalue weighted by Crippen LogP contribution is -2.44. The fourth-order valence-electron chi connectivity index (χ4n) is 6.30. The summed E-state index contributed by atoms with van der Waals surface area (Å²) in [5.74, 6) is -0.188. The van der Waals surface area contributed by atoms with Gasteiger partial charge >= 0.3 is 0 Å². The predicted octanol–water partition coefficient (Wildman–Crippen LogP) is 6.22. The van der Waals surface area contributed by atoms with Crippen LogP contribution in [0.5, 0.6) is 0 Å². The molecule has 0 spiro atoms. The van der Waals surface area contributed by atoms with Crippen molar-refractivity contribution in [2.75, 3.05) is 13.1 Å². The first-order valence-corrected chi connectivity index (χ1v) is 12.9. The van der Waals surface area contributed by atoms with Crippen molar-refractivity contribution in [2.24, 2.45) is 5.73 Å². The molecule has 2 aromatic carbocycles. The van der Waals surface area contributed by atoms with Crippen LogP contribution in [0.3, 0.4) is 0 Å². The first kappa shape index (κ1) is 23.1. The van der Waals surface area contributed by atoms with Gasteiger partial charge in [0.05, 0.1) is 5.41 Å². The summed E-state index contributed by atoms with van der Waals surface area (Å²) in [5, 5.41) is 6.10. The third kappa shape index (κ3) is 3.95. The van der Waals surface area contributed by atoms with E-state index in [0.717, 1.165) is 48.7 Å². The highest BCUT2D eigenvalue weighted by Crippen LogP contribution is 2.49. The summed E-state index contributed by atoms with van der Waals surface area (Å²) >= 11 is 0. The van der Waals surface area contributed by atoms with Gasteiger partial charge in [0.25, 0.3) is 0 Å². The molecule has 0 amide bonds. The monoisotopic (exact) mass is 460 g/mol. The van der Waals surface area contributed by atoms with Gasteiger partial charge in [-0.15, -0.1) is 0 Å². The number of halogens is 1. The Hall–Kier alpha value is -2.63. The molecule has 5 heteroatoms. The van der Waals surface area contributed by atoms with E-state index in [1.165, 1.54) is 47.1 Å². The Morgan fingerprint density at radius 3 is 2.71 bits per heavy atom. The predicted molar refractivity (Wildman–Crippen MR) is 140 cm³/mol. The molecule has 1 aliphatic rings. The normalized spacial score (nSPS) is 21.0. The maximum Gasteiger partial charge on any atom is 0.123 e. The molecule has 2 atom stereocenters. The zero-order valence-corrected chi connectivity index (χ0v) is 20.4. The molecule has 5 rings (SSSR count). The second-order valence-corrected chi connectivity index (χ2v) is 10.1. The lowest BCUT2D eigenvalue weighted by Gasteiger charge is -2.42. The molecule has 4 nitrogen and oxygen atoms in total. The minimum atomic E-state index is -0.203. The van der Waals surface area contributed by atoms with E-state index in [1.54, 1.807) is 12.1 Å². The summed E-state index contributed by atoms with van der Waals surface area (Å²) in [6.07, 6.45) is 7.62. The van der Waals surface area contributed by atoms with E-state index in [1.807, 2.05) is 6.07 Å². The van der Waals surface area contributed by atoms with Crippen LogP contribution >= 0.6 is 0 Å². The molecule has 1 aliphatic carbocycles. The molecular formula is C29H37FN4. The molecule has 0 saturated heterocycles. The average molecular weight is 461 g/mol. The lowest BCUT2D eigenvalue weighted by molar-refractivity contribution is 0.266. The molecule has 34 heavy (non-hydrogen) atoms. The molecule has 1 fully saturated rings. The average Bonchev–Trinajstić information content (AvgIpc) is 3.38. The van der Waals surface area contributed by atoms with Crippen molar-refractivity contribution in [3.8, 4) is 0 Å². The van der Waals surface area contributed by atoms with Crippen LogP contribution in [0.15, 0.2) is 42.5 Å². The number of fused-ring (bicyclic) bond motifs is 2. The Kier molecular flexibility index (Phi) is 6.50. The number of unbranched alkanes of at least 4 members (excludes halogenated alkanes) is 1. The molecule has 2 unspecified atom stereocenters. The Morgan fingerprint density at radius 2 is 1.88 bits per heavy atom. The van der Waals surface area contributed by atoms with Crippen LogP contribution in [-0.4, -0.2) is 29.1 Å². The fourth-order valence-corrected chi connectivity index (χ4v) is 6.30. The maximum absolute atomic E-state index is 14.2. The van der Waals surface area contributed by atoms with Crippen molar-refractivity contribution in [3.05, 3.63) is 70.8 Å². The third-order valence-corrected chi connectivity index (χ3v) is 7.90. The van der Waals surface area contributed by atoms with Crippen LogP contribution < -0.4 is 11.1 Å². The Balaban J connectivity index is 1.72. The molecule has 0 aliphatic heterocycles. The summed E-state index contributed by atoms with van der Waals surface area (Å²) in [6.45, 7) is 6.05. The number of aromatic nitrogens is 2. The first-order chi connectivity index (χ1) is 16.6. The molecule has 5 N–H and O–H groups in total. The van der Waals surface area contributed by atoms with E-state index in [0.29, 0.717) is 12.6 Å². The highest BCUT2D eigenvalue weighted by molar-refractivity contribution is 5.87. The van der Waals surface area contributed by atoms with E-state index in [9.17, 15) is 4.39 Å². The van der Waals surface area contributed by atoms with Gasteiger partial charge in [-0.3, -0.25) is 0 Å². The Bertz CT molecular complexity index is 1290. The van der Waals surface area contributed by atoms with Gasteiger partial charge in [0, 0.05) is 39.2 Å². The SMILES string of the molecule is CCCCNC1CCCC(c2[nH]c3ccc(F)cc3c2C)(c2[nH]c3ccccc3c2CCN)C1. The summed E-state index contributed by atoms with van der Waals surface area (Å²) in [6, 6.07) is 14.1. The number of nitrogens with two attached hydrogens (primary N) is 1. The van der Waals surface area contributed by atoms with Gasteiger partial charge in [-0.2, -0.15) is 0 Å². The van der Waals surface area contributed by atoms with Crippen LogP contribution in [0.2, 0.25) is 0 Å². The van der Waals surface area contributed by atoms with Crippen LogP contribution in [0.25, 0.3) is 21.8 Å². The standard InChI is InChI=1S/C29H37FN4/c1-3-4-16-32-21-8-7-14-29(18-21,27-19(2)24-17-20(30)11-12-26(24)33-27)28-23(13-15-31)22-9-5-6-10-25(22)34-28/h5-6,9-12,17,21,32-34H,3-4,7-8,13-16,18,31H2,1-2H3. The summed E-state index contributed by atoms with van der Waals surface area (Å²) in [7, 11) is 0. The van der Waals surface area contributed by atoms with Gasteiger partial charge in [0.1, 0.15) is 5.82 Å². The maximum atomic E-state index is 14.2. The number of hydrogen-bond donors (Lipinski definition) is 4. The topological polar surface area (TPSA) is 69.6 Å². The molecule has 2 aromatic heterocycles. The fraction of sp³-hybridized carbons (Fsp3) is 0.448. The minimum absolute atomic E-state index is 0.188. The number of hydrogen-bond acceptors (Lipinski definition) is 2. The zero-order valence-electron chi connectivity index (χ0n) is 20.4. The summed E-state index contributed by atoms with van der Waals surface area (Å²) in [5.41, 5.74) is 13.1. The molecule has 4 aromatic rings. The van der Waals surface area contributed by atoms with Crippen molar-refractivity contribution in [1.82, 2.24) is 15.3 Å². The number of nitrogens with one attached hydrogen (secondary N) is 3. The summed E-state index contributed by atoms with van der Waals surface area (Å²) < 4.78 is 14.2. The quantitative estimate of drug-likeness (QED) is 0.236. The number of para-hydroxylation sites is 1. The molecule has 180 valence electrons. The molecule has 2 heterocycles. The lowest BCUT2D eigenvalue weighted by atomic mass is 9.66. The second-order valence-electron chi connectivity index (χ2n) is 10.1. The van der Waals surface area contributed by atoms with Crippen LogP contribution in [0.1, 0.15) is 68.0 Å². The first-order valence-electron chi connectivity index (χ1n) is 12.9. The molecular weight excluding hydrogens is 423 g/mol. The van der Waals surface area contributed by atoms with E-state index in [4.69, 9.17) is 5.73 Å². The van der Waals surface area contributed by atoms with E-state index in [-0.39, 0.29) is 11.2 Å². The number of aromatic amines is 2. The van der Waals surface area contributed by atoms with Gasteiger partial charge in [-0.05, 0) is 87.5 Å². The van der Waals surface area contributed by atoms with Crippen LogP contribution in [0.4, 0.5) is 4.39 Å². The van der Waals surface area contributed by atoms with Gasteiger partial charge in [0.2, 0.25) is 0 Å². The number of rotatable bonds is 8. The number of aryl methyl sites for hydroxylation is 1. The van der Waals surface area contributed by atoms with Gasteiger partial charge in [0.15, 0.2) is 0 Å². The van der Waals surface area contributed by atoms with Gasteiger partial charge in [-0.1, -0.05) is 38.0 Å². The van der Waals surface area contributed by atoms with E-state index < -0.39 is 0 Å². The summed E-state index contributed by atoms with van der Waals surface area (Å²) in [4.78, 5) is 7.61. The van der Waals surface area contributed by atoms with Crippen molar-refractivity contribution in [2.45, 2.75) is 70.3 Å². The van der Waals surface area contributed by atoms with Crippen LogP contribution in [0, 0.1) is 12.7 Å². The Labute approximate surface area is 201 Å². The van der Waals surface area contributed by atoms with E-state index in [2.05, 4.69) is 53.4 Å². The van der Waals surface area contributed by atoms with Gasteiger partial charge in [-0.25, -0.2) is 4.39 Å². The van der Waals surface area contributed by atoms with Crippen molar-refractivity contribution < 1.29 is 4.39 Å². The van der Waals surface area contributed by atoms with Gasteiger partial charge < -0.3 is 21.0 Å². The minimum Gasteiger partial charge on any atom is -0.357 e. The largest absolute Gasteiger partial charge is 0.357 e. The van der Waals surface area contributed by atoms with Crippen molar-refractivity contribution in [3.63, 3.8) is 0 Å². The smallest absolute Gasteiger partial charge is 0.123 e.